The van der Waals surface area contributed by atoms with E-state index in [9.17, 15) is 0 Å². The second kappa shape index (κ2) is 5.39. The van der Waals surface area contributed by atoms with Crippen molar-refractivity contribution in [3.8, 4) is 0 Å². The number of alkyl halides is 1. The molecule has 0 heterocycles. The Morgan fingerprint density at radius 3 is 2.87 bits per heavy atom. The van der Waals surface area contributed by atoms with Crippen molar-refractivity contribution in [3.05, 3.63) is 11.6 Å². The van der Waals surface area contributed by atoms with Crippen LogP contribution in [-0.4, -0.2) is 5.38 Å². The first-order chi connectivity index (χ1) is 7.29. The van der Waals surface area contributed by atoms with Crippen LogP contribution < -0.4 is 0 Å². The number of halogens is 1. The van der Waals surface area contributed by atoms with Crippen molar-refractivity contribution in [3.63, 3.8) is 0 Å². The van der Waals surface area contributed by atoms with E-state index in [0.29, 0.717) is 5.38 Å². The lowest BCUT2D eigenvalue weighted by Gasteiger charge is -2.32. The quantitative estimate of drug-likeness (QED) is 0.463. The fourth-order valence-electron chi connectivity index (χ4n) is 3.24. The summed E-state index contributed by atoms with van der Waals surface area (Å²) in [5.41, 5.74) is 1.69. The first-order valence-electron chi connectivity index (χ1n) is 6.64. The van der Waals surface area contributed by atoms with Gasteiger partial charge in [-0.2, -0.15) is 0 Å². The lowest BCUT2D eigenvalue weighted by Crippen LogP contribution is -2.19. The van der Waals surface area contributed by atoms with Gasteiger partial charge in [-0.25, -0.2) is 0 Å². The molecular formula is C14H23Cl. The number of rotatable bonds is 2. The van der Waals surface area contributed by atoms with Crippen LogP contribution in [0.5, 0.6) is 0 Å². The van der Waals surface area contributed by atoms with E-state index in [1.165, 1.54) is 51.4 Å². The van der Waals surface area contributed by atoms with Crippen LogP contribution in [0.1, 0.15) is 58.3 Å². The summed E-state index contributed by atoms with van der Waals surface area (Å²) in [5.74, 6) is 1.87. The van der Waals surface area contributed by atoms with E-state index >= 15 is 0 Å². The van der Waals surface area contributed by atoms with Crippen molar-refractivity contribution in [2.24, 2.45) is 11.8 Å². The van der Waals surface area contributed by atoms with Crippen LogP contribution in [0, 0.1) is 11.8 Å². The van der Waals surface area contributed by atoms with Crippen molar-refractivity contribution < 1.29 is 0 Å². The third kappa shape index (κ3) is 3.00. The summed E-state index contributed by atoms with van der Waals surface area (Å²) in [6.45, 7) is 2.34. The Balaban J connectivity index is 1.97. The molecule has 86 valence electrons. The standard InChI is InChI=1S/C14H23Cl/c1-2-11-5-3-6-12(9-11)13-7-4-8-14(15)10-13/h10-12,14H,2-9H2,1H3. The molecule has 0 nitrogen and oxygen atoms in total. The molecule has 0 aliphatic heterocycles. The second-order valence-corrected chi connectivity index (χ2v) is 5.85. The SMILES string of the molecule is CCC1CCCC(C2=CC(Cl)CCC2)C1. The van der Waals surface area contributed by atoms with E-state index < -0.39 is 0 Å². The Kier molecular flexibility index (Phi) is 4.13. The van der Waals surface area contributed by atoms with E-state index in [4.69, 9.17) is 11.6 Å². The smallest absolute Gasteiger partial charge is 0.0518 e. The van der Waals surface area contributed by atoms with Crippen molar-refractivity contribution in [2.45, 2.75) is 63.7 Å². The van der Waals surface area contributed by atoms with Gasteiger partial charge in [0.05, 0.1) is 5.38 Å². The van der Waals surface area contributed by atoms with E-state index in [0.717, 1.165) is 11.8 Å². The zero-order valence-electron chi connectivity index (χ0n) is 9.84. The fourth-order valence-corrected chi connectivity index (χ4v) is 3.56. The summed E-state index contributed by atoms with van der Waals surface area (Å²) in [4.78, 5) is 0. The van der Waals surface area contributed by atoms with Gasteiger partial charge in [0.15, 0.2) is 0 Å². The molecule has 3 atom stereocenters. The predicted molar refractivity (Wildman–Crippen MR) is 67.3 cm³/mol. The Labute approximate surface area is 99.1 Å². The van der Waals surface area contributed by atoms with Gasteiger partial charge in [-0.05, 0) is 43.9 Å². The topological polar surface area (TPSA) is 0 Å². The van der Waals surface area contributed by atoms with Gasteiger partial charge in [-0.15, -0.1) is 11.6 Å². The van der Waals surface area contributed by atoms with E-state index in [1.54, 1.807) is 5.57 Å². The maximum atomic E-state index is 6.22. The molecule has 0 bridgehead atoms. The zero-order valence-corrected chi connectivity index (χ0v) is 10.6. The minimum atomic E-state index is 0.329. The Hall–Kier alpha value is 0.0300. The maximum Gasteiger partial charge on any atom is 0.0518 e. The minimum absolute atomic E-state index is 0.329. The Morgan fingerprint density at radius 2 is 2.13 bits per heavy atom. The molecule has 2 aliphatic carbocycles. The molecule has 0 aromatic rings. The fraction of sp³-hybridized carbons (Fsp3) is 0.857. The van der Waals surface area contributed by atoms with E-state index in [2.05, 4.69) is 13.0 Å². The molecule has 0 saturated heterocycles. The first-order valence-corrected chi connectivity index (χ1v) is 7.08. The van der Waals surface area contributed by atoms with Gasteiger partial charge in [-0.1, -0.05) is 37.8 Å². The highest BCUT2D eigenvalue weighted by Gasteiger charge is 2.25. The molecule has 15 heavy (non-hydrogen) atoms. The molecule has 0 aromatic heterocycles. The van der Waals surface area contributed by atoms with Crippen molar-refractivity contribution >= 4 is 11.6 Å². The van der Waals surface area contributed by atoms with Crippen molar-refractivity contribution in [1.82, 2.24) is 0 Å². The Morgan fingerprint density at radius 1 is 1.27 bits per heavy atom. The normalized spacial score (nSPS) is 37.5. The summed E-state index contributed by atoms with van der Waals surface area (Å²) in [6.07, 6.45) is 13.3. The van der Waals surface area contributed by atoms with Gasteiger partial charge in [0.2, 0.25) is 0 Å². The summed E-state index contributed by atoms with van der Waals surface area (Å²) in [5, 5.41) is 0.329. The van der Waals surface area contributed by atoms with Crippen LogP contribution in [0.15, 0.2) is 11.6 Å². The summed E-state index contributed by atoms with van der Waals surface area (Å²) >= 11 is 6.22. The summed E-state index contributed by atoms with van der Waals surface area (Å²) in [7, 11) is 0. The van der Waals surface area contributed by atoms with Gasteiger partial charge in [-0.3, -0.25) is 0 Å². The molecule has 0 amide bonds. The van der Waals surface area contributed by atoms with E-state index in [1.807, 2.05) is 0 Å². The number of hydrogen-bond acceptors (Lipinski definition) is 0. The monoisotopic (exact) mass is 226 g/mol. The van der Waals surface area contributed by atoms with E-state index in [-0.39, 0.29) is 0 Å². The van der Waals surface area contributed by atoms with Gasteiger partial charge < -0.3 is 0 Å². The molecule has 0 radical (unpaired) electrons. The van der Waals surface area contributed by atoms with Crippen LogP contribution >= 0.6 is 11.6 Å². The molecular weight excluding hydrogens is 204 g/mol. The third-order valence-corrected chi connectivity index (χ3v) is 4.57. The second-order valence-electron chi connectivity index (χ2n) is 5.29. The highest BCUT2D eigenvalue weighted by atomic mass is 35.5. The average molecular weight is 227 g/mol. The largest absolute Gasteiger partial charge is 0.118 e. The lowest BCUT2D eigenvalue weighted by molar-refractivity contribution is 0.282. The predicted octanol–water partition coefficient (Wildman–Crippen LogP) is 4.92. The van der Waals surface area contributed by atoms with Gasteiger partial charge in [0.1, 0.15) is 0 Å². The maximum absolute atomic E-state index is 6.22. The first kappa shape index (κ1) is 11.5. The van der Waals surface area contributed by atoms with Gasteiger partial charge in [0.25, 0.3) is 0 Å². The molecule has 0 aromatic carbocycles. The Bertz CT molecular complexity index is 231. The zero-order chi connectivity index (χ0) is 10.7. The molecule has 1 heteroatoms. The molecule has 0 N–H and O–H groups in total. The van der Waals surface area contributed by atoms with Gasteiger partial charge in [0, 0.05) is 0 Å². The summed E-state index contributed by atoms with van der Waals surface area (Å²) in [6, 6.07) is 0. The van der Waals surface area contributed by atoms with Crippen LogP contribution in [0.4, 0.5) is 0 Å². The van der Waals surface area contributed by atoms with Gasteiger partial charge >= 0.3 is 0 Å². The van der Waals surface area contributed by atoms with Crippen LogP contribution in [0.3, 0.4) is 0 Å². The van der Waals surface area contributed by atoms with Crippen molar-refractivity contribution in [1.29, 1.82) is 0 Å². The summed E-state index contributed by atoms with van der Waals surface area (Å²) < 4.78 is 0. The molecule has 3 unspecified atom stereocenters. The molecule has 0 spiro atoms. The van der Waals surface area contributed by atoms with Crippen molar-refractivity contribution in [2.75, 3.05) is 0 Å². The average Bonchev–Trinajstić information content (AvgIpc) is 2.29. The highest BCUT2D eigenvalue weighted by molar-refractivity contribution is 6.21. The molecule has 2 rings (SSSR count). The number of allylic oxidation sites excluding steroid dienone is 2. The highest BCUT2D eigenvalue weighted by Crippen LogP contribution is 2.38. The minimum Gasteiger partial charge on any atom is -0.118 e. The van der Waals surface area contributed by atoms with Crippen LogP contribution in [0.25, 0.3) is 0 Å². The molecule has 1 fully saturated rings. The van der Waals surface area contributed by atoms with Crippen LogP contribution in [0.2, 0.25) is 0 Å². The molecule has 2 aliphatic rings. The lowest BCUT2D eigenvalue weighted by atomic mass is 9.74. The number of hydrogen-bond donors (Lipinski definition) is 0. The molecule has 1 saturated carbocycles. The third-order valence-electron chi connectivity index (χ3n) is 4.22. The van der Waals surface area contributed by atoms with Crippen LogP contribution in [-0.2, 0) is 0 Å².